The van der Waals surface area contributed by atoms with E-state index in [1.807, 2.05) is 30.3 Å². The van der Waals surface area contributed by atoms with Crippen molar-refractivity contribution in [2.75, 3.05) is 20.7 Å². The van der Waals surface area contributed by atoms with Crippen LogP contribution >= 0.6 is 35.6 Å². The van der Waals surface area contributed by atoms with E-state index in [0.717, 1.165) is 29.4 Å². The molecule has 0 bridgehead atoms. The van der Waals surface area contributed by atoms with Gasteiger partial charge in [-0.1, -0.05) is 35.9 Å². The number of hydrogen-bond donors (Lipinski definition) is 2. The Balaban J connectivity index is 0.00000243. The maximum Gasteiger partial charge on any atom is 0.191 e. The van der Waals surface area contributed by atoms with Gasteiger partial charge in [-0.3, -0.25) is 4.99 Å². The molecule has 1 unspecified atom stereocenters. The zero-order chi connectivity index (χ0) is 17.6. The van der Waals surface area contributed by atoms with Crippen molar-refractivity contribution in [2.45, 2.75) is 19.1 Å². The zero-order valence-electron chi connectivity index (χ0n) is 14.8. The summed E-state index contributed by atoms with van der Waals surface area (Å²) in [7, 11) is 3.38. The molecule has 1 aliphatic rings. The van der Waals surface area contributed by atoms with Crippen molar-refractivity contribution in [3.05, 3.63) is 58.6 Å². The lowest BCUT2D eigenvalue weighted by Gasteiger charge is -2.16. The third-order valence-corrected chi connectivity index (χ3v) is 4.37. The fourth-order valence-electron chi connectivity index (χ4n) is 2.84. The van der Waals surface area contributed by atoms with Gasteiger partial charge in [0.05, 0.1) is 13.7 Å². The van der Waals surface area contributed by atoms with Crippen LogP contribution in [0.4, 0.5) is 0 Å². The summed E-state index contributed by atoms with van der Waals surface area (Å²) >= 11 is 6.00. The molecule has 0 saturated carbocycles. The zero-order valence-corrected chi connectivity index (χ0v) is 17.9. The van der Waals surface area contributed by atoms with Gasteiger partial charge in [0.15, 0.2) is 5.96 Å². The molecule has 1 aliphatic heterocycles. The number of benzene rings is 2. The van der Waals surface area contributed by atoms with Crippen LogP contribution in [0.25, 0.3) is 0 Å². The van der Waals surface area contributed by atoms with Crippen LogP contribution in [0.3, 0.4) is 0 Å². The van der Waals surface area contributed by atoms with Crippen LogP contribution < -0.4 is 20.1 Å². The minimum absolute atomic E-state index is 0. The van der Waals surface area contributed by atoms with Crippen molar-refractivity contribution in [3.8, 4) is 11.5 Å². The topological polar surface area (TPSA) is 54.9 Å². The summed E-state index contributed by atoms with van der Waals surface area (Å²) in [6.45, 7) is 1.28. The maximum absolute atomic E-state index is 6.00. The highest BCUT2D eigenvalue weighted by atomic mass is 127. The first-order chi connectivity index (χ1) is 12.2. The van der Waals surface area contributed by atoms with E-state index in [4.69, 9.17) is 21.1 Å². The van der Waals surface area contributed by atoms with Crippen molar-refractivity contribution < 1.29 is 9.47 Å². The van der Waals surface area contributed by atoms with Gasteiger partial charge >= 0.3 is 0 Å². The first-order valence-corrected chi connectivity index (χ1v) is 8.59. The van der Waals surface area contributed by atoms with Crippen molar-refractivity contribution >= 4 is 41.5 Å². The van der Waals surface area contributed by atoms with Gasteiger partial charge in [-0.25, -0.2) is 0 Å². The van der Waals surface area contributed by atoms with Gasteiger partial charge in [0.2, 0.25) is 0 Å². The molecule has 1 atom stereocenters. The van der Waals surface area contributed by atoms with Crippen LogP contribution in [0.1, 0.15) is 11.1 Å². The molecule has 2 N–H and O–H groups in total. The minimum atomic E-state index is 0. The Bertz CT molecular complexity index is 745. The lowest BCUT2D eigenvalue weighted by Crippen LogP contribution is -2.42. The standard InChI is InChI=1S/C19H22ClN3O2.HI/c1-21-19(22-11-14-7-8-15(20)10-18(14)24-2)23-12-16-9-13-5-3-4-6-17(13)25-16;/h3-8,10,16H,9,11-12H2,1-2H3,(H2,21,22,23);1H. The largest absolute Gasteiger partial charge is 0.496 e. The number of para-hydroxylation sites is 1. The van der Waals surface area contributed by atoms with E-state index in [1.165, 1.54) is 5.56 Å². The Labute approximate surface area is 176 Å². The summed E-state index contributed by atoms with van der Waals surface area (Å²) < 4.78 is 11.3. The number of halogens is 2. The predicted octanol–water partition coefficient (Wildman–Crippen LogP) is 3.64. The van der Waals surface area contributed by atoms with Crippen LogP contribution in [0.5, 0.6) is 11.5 Å². The fourth-order valence-corrected chi connectivity index (χ4v) is 3.00. The third kappa shape index (κ3) is 5.17. The number of ether oxygens (including phenoxy) is 2. The molecule has 0 saturated heterocycles. The highest BCUT2D eigenvalue weighted by Crippen LogP contribution is 2.27. The first kappa shape index (κ1) is 20.6. The molecular weight excluding hydrogens is 465 g/mol. The van der Waals surface area contributed by atoms with Gasteiger partial charge in [-0.05, 0) is 23.8 Å². The second-order valence-electron chi connectivity index (χ2n) is 5.81. The Morgan fingerprint density at radius 1 is 1.27 bits per heavy atom. The highest BCUT2D eigenvalue weighted by Gasteiger charge is 2.22. The van der Waals surface area contributed by atoms with Crippen molar-refractivity contribution in [2.24, 2.45) is 4.99 Å². The van der Waals surface area contributed by atoms with Gasteiger partial charge in [0.1, 0.15) is 17.6 Å². The van der Waals surface area contributed by atoms with E-state index in [-0.39, 0.29) is 30.1 Å². The Morgan fingerprint density at radius 3 is 2.81 bits per heavy atom. The smallest absolute Gasteiger partial charge is 0.191 e. The number of aliphatic imine (C=N–C) groups is 1. The molecule has 5 nitrogen and oxygen atoms in total. The maximum atomic E-state index is 6.00. The first-order valence-electron chi connectivity index (χ1n) is 8.21. The third-order valence-electron chi connectivity index (χ3n) is 4.13. The average molecular weight is 488 g/mol. The van der Waals surface area contributed by atoms with E-state index in [0.29, 0.717) is 18.1 Å². The van der Waals surface area contributed by atoms with E-state index in [2.05, 4.69) is 21.7 Å². The molecule has 0 fully saturated rings. The van der Waals surface area contributed by atoms with Crippen LogP contribution in [-0.2, 0) is 13.0 Å². The van der Waals surface area contributed by atoms with Crippen molar-refractivity contribution in [1.29, 1.82) is 0 Å². The van der Waals surface area contributed by atoms with Gasteiger partial charge < -0.3 is 20.1 Å². The molecule has 3 rings (SSSR count). The Kier molecular flexibility index (Phi) is 7.84. The summed E-state index contributed by atoms with van der Waals surface area (Å²) in [5.41, 5.74) is 2.27. The molecule has 2 aromatic rings. The summed E-state index contributed by atoms with van der Waals surface area (Å²) in [5, 5.41) is 7.25. The second kappa shape index (κ2) is 9.87. The number of guanidine groups is 1. The predicted molar refractivity (Wildman–Crippen MR) is 116 cm³/mol. The number of fused-ring (bicyclic) bond motifs is 1. The van der Waals surface area contributed by atoms with Crippen LogP contribution in [0.15, 0.2) is 47.5 Å². The normalized spacial score (nSPS) is 15.5. The Hall–Kier alpha value is -1.67. The molecule has 0 radical (unpaired) electrons. The van der Waals surface area contributed by atoms with E-state index in [1.54, 1.807) is 20.2 Å². The number of hydrogen-bond acceptors (Lipinski definition) is 3. The summed E-state index contributed by atoms with van der Waals surface area (Å²) in [6.07, 6.45) is 1.02. The lowest BCUT2D eigenvalue weighted by molar-refractivity contribution is 0.235. The van der Waals surface area contributed by atoms with E-state index >= 15 is 0 Å². The summed E-state index contributed by atoms with van der Waals surface area (Å²) in [6, 6.07) is 13.7. The van der Waals surface area contributed by atoms with Crippen molar-refractivity contribution in [1.82, 2.24) is 10.6 Å². The molecule has 2 aromatic carbocycles. The molecule has 0 aromatic heterocycles. The fraction of sp³-hybridized carbons (Fsp3) is 0.316. The average Bonchev–Trinajstić information content (AvgIpc) is 3.05. The highest BCUT2D eigenvalue weighted by molar-refractivity contribution is 14.0. The number of methoxy groups -OCH3 is 1. The monoisotopic (exact) mass is 487 g/mol. The van der Waals surface area contributed by atoms with Crippen LogP contribution in [0.2, 0.25) is 5.02 Å². The molecule has 1 heterocycles. The quantitative estimate of drug-likeness (QED) is 0.384. The molecular formula is C19H23ClIN3O2. The number of rotatable bonds is 5. The number of nitrogens with one attached hydrogen (secondary N) is 2. The van der Waals surface area contributed by atoms with Gasteiger partial charge in [-0.15, -0.1) is 24.0 Å². The molecule has 26 heavy (non-hydrogen) atoms. The molecule has 0 spiro atoms. The second-order valence-corrected chi connectivity index (χ2v) is 6.25. The van der Waals surface area contributed by atoms with Gasteiger partial charge in [0, 0.05) is 30.6 Å². The van der Waals surface area contributed by atoms with Crippen molar-refractivity contribution in [3.63, 3.8) is 0 Å². The van der Waals surface area contributed by atoms with Crippen LogP contribution in [-0.4, -0.2) is 32.8 Å². The summed E-state index contributed by atoms with van der Waals surface area (Å²) in [5.74, 6) is 2.45. The SMILES string of the molecule is CN=C(NCc1ccc(Cl)cc1OC)NCC1Cc2ccccc2O1.I. The molecule has 7 heteroatoms. The van der Waals surface area contributed by atoms with E-state index < -0.39 is 0 Å². The summed E-state index contributed by atoms with van der Waals surface area (Å²) in [4.78, 5) is 4.26. The molecule has 140 valence electrons. The molecule has 0 amide bonds. The van der Waals surface area contributed by atoms with Crippen LogP contribution in [0, 0.1) is 0 Å². The lowest BCUT2D eigenvalue weighted by atomic mass is 10.1. The Morgan fingerprint density at radius 2 is 2.08 bits per heavy atom. The number of nitrogens with zero attached hydrogens (tertiary/aromatic N) is 1. The van der Waals surface area contributed by atoms with Gasteiger partial charge in [-0.2, -0.15) is 0 Å². The molecule has 0 aliphatic carbocycles. The minimum Gasteiger partial charge on any atom is -0.496 e. The van der Waals surface area contributed by atoms with E-state index in [9.17, 15) is 0 Å². The van der Waals surface area contributed by atoms with Gasteiger partial charge in [0.25, 0.3) is 0 Å².